The Morgan fingerprint density at radius 1 is 0.821 bits per heavy atom. The van der Waals surface area contributed by atoms with E-state index in [0.29, 0.717) is 5.71 Å². The number of hydrogen-bond donors (Lipinski definition) is 2. The van der Waals surface area contributed by atoms with Gasteiger partial charge in [-0.2, -0.15) is 5.10 Å². The van der Waals surface area contributed by atoms with Crippen molar-refractivity contribution in [1.82, 2.24) is 5.43 Å². The average Bonchev–Trinajstić information content (AvgIpc) is 2.67. The van der Waals surface area contributed by atoms with Crippen LogP contribution in [0.2, 0.25) is 0 Å². The molecule has 0 saturated carbocycles. The lowest BCUT2D eigenvalue weighted by atomic mass is 10.0. The zero-order valence-corrected chi connectivity index (χ0v) is 16.4. The minimum Gasteiger partial charge on any atom is -0.478 e. The number of carbonyl (C=O) groups excluding carboxylic acids is 1. The van der Waals surface area contributed by atoms with Crippen LogP contribution in [0.15, 0.2) is 65.8 Å². The van der Waals surface area contributed by atoms with Gasteiger partial charge in [0.25, 0.3) is 5.91 Å². The summed E-state index contributed by atoms with van der Waals surface area (Å²) < 4.78 is 0. The zero-order chi connectivity index (χ0) is 20.7. The van der Waals surface area contributed by atoms with E-state index in [1.165, 1.54) is 0 Å². The van der Waals surface area contributed by atoms with Gasteiger partial charge in [-0.05, 0) is 24.3 Å². The fourth-order valence-electron chi connectivity index (χ4n) is 2.43. The van der Waals surface area contributed by atoms with Crippen molar-refractivity contribution in [3.63, 3.8) is 0 Å². The second kappa shape index (κ2) is 9.36. The van der Waals surface area contributed by atoms with Gasteiger partial charge in [-0.25, -0.2) is 10.2 Å². The number of hydrogen-bond acceptors (Lipinski definition) is 5. The third kappa shape index (κ3) is 5.70. The molecule has 0 aromatic heterocycles. The molecule has 0 spiro atoms. The van der Waals surface area contributed by atoms with Gasteiger partial charge in [-0.3, -0.25) is 4.79 Å². The third-order valence-corrected chi connectivity index (χ3v) is 3.97. The van der Waals surface area contributed by atoms with Crippen molar-refractivity contribution in [3.05, 3.63) is 71.8 Å². The molecule has 0 unspecified atom stereocenters. The summed E-state index contributed by atoms with van der Waals surface area (Å²) in [5.74, 6) is -1.81. The first-order valence-electron chi connectivity index (χ1n) is 8.62. The van der Waals surface area contributed by atoms with Gasteiger partial charge in [0.15, 0.2) is 0 Å². The Hall–Kier alpha value is -3.61. The van der Waals surface area contributed by atoms with Crippen LogP contribution in [0.25, 0.3) is 0 Å². The highest BCUT2D eigenvalue weighted by Crippen LogP contribution is 2.18. The molecule has 0 aliphatic heterocycles. The van der Waals surface area contributed by atoms with Crippen LogP contribution < -0.4 is 15.2 Å². The molecule has 1 amide bonds. The second-order valence-electron chi connectivity index (χ2n) is 6.49. The number of rotatable bonds is 7. The van der Waals surface area contributed by atoms with E-state index < -0.39 is 11.9 Å². The monoisotopic (exact) mass is 380 g/mol. The molecule has 2 aromatic rings. The van der Waals surface area contributed by atoms with Gasteiger partial charge in [0, 0.05) is 62.8 Å². The smallest absolute Gasteiger partial charge is 0.328 e. The molecule has 0 atom stereocenters. The van der Waals surface area contributed by atoms with Crippen molar-refractivity contribution in [2.24, 2.45) is 5.10 Å². The molecule has 0 heterocycles. The van der Waals surface area contributed by atoms with Gasteiger partial charge in [0.2, 0.25) is 0 Å². The molecular weight excluding hydrogens is 356 g/mol. The summed E-state index contributed by atoms with van der Waals surface area (Å²) in [5, 5.41) is 12.9. The first-order valence-corrected chi connectivity index (χ1v) is 8.62. The fourth-order valence-corrected chi connectivity index (χ4v) is 2.43. The summed E-state index contributed by atoms with van der Waals surface area (Å²) >= 11 is 0. The number of nitrogens with zero attached hydrogens (tertiary/aromatic N) is 3. The summed E-state index contributed by atoms with van der Waals surface area (Å²) in [6.07, 6.45) is 1.69. The quantitative estimate of drug-likeness (QED) is 0.437. The molecule has 2 rings (SSSR count). The number of benzene rings is 2. The van der Waals surface area contributed by atoms with Crippen LogP contribution in [-0.4, -0.2) is 50.9 Å². The molecule has 28 heavy (non-hydrogen) atoms. The van der Waals surface area contributed by atoms with E-state index in [-0.39, 0.29) is 0 Å². The number of aliphatic carboxylic acids is 1. The van der Waals surface area contributed by atoms with Crippen molar-refractivity contribution >= 4 is 29.0 Å². The van der Waals surface area contributed by atoms with Crippen LogP contribution in [-0.2, 0) is 9.59 Å². The predicted molar refractivity (Wildman–Crippen MR) is 112 cm³/mol. The normalized spacial score (nSPS) is 10.4. The predicted octanol–water partition coefficient (Wildman–Crippen LogP) is 2.33. The molecule has 0 aliphatic carbocycles. The number of carboxylic acids is 1. The number of hydrazone groups is 1. The fraction of sp³-hybridized carbons (Fsp3) is 0.190. The number of carboxylic acid groups (broad SMARTS) is 1. The number of amides is 1. The molecule has 7 heteroatoms. The minimum absolute atomic E-state index is 0.577. The highest BCUT2D eigenvalue weighted by atomic mass is 16.4. The second-order valence-corrected chi connectivity index (χ2v) is 6.49. The first-order chi connectivity index (χ1) is 13.3. The standard InChI is InChI=1S/C21H24N4O3/c1-24(2)17-9-5-15(6-10-17)21(23-22-19(26)13-14-20(27)28)16-7-11-18(12-8-16)25(3)4/h5-14H,1-4H3,(H,22,26)(H,27,28)/b14-13-. The lowest BCUT2D eigenvalue weighted by molar-refractivity contribution is -0.131. The third-order valence-electron chi connectivity index (χ3n) is 3.97. The van der Waals surface area contributed by atoms with E-state index in [1.54, 1.807) is 0 Å². The summed E-state index contributed by atoms with van der Waals surface area (Å²) in [6.45, 7) is 0. The summed E-state index contributed by atoms with van der Waals surface area (Å²) in [6, 6.07) is 15.5. The van der Waals surface area contributed by atoms with E-state index in [9.17, 15) is 9.59 Å². The highest BCUT2D eigenvalue weighted by Gasteiger charge is 2.09. The van der Waals surface area contributed by atoms with E-state index >= 15 is 0 Å². The molecular formula is C21H24N4O3. The zero-order valence-electron chi connectivity index (χ0n) is 16.4. The van der Waals surface area contributed by atoms with Gasteiger partial charge < -0.3 is 14.9 Å². The van der Waals surface area contributed by atoms with Gasteiger partial charge in [0.1, 0.15) is 0 Å². The van der Waals surface area contributed by atoms with Gasteiger partial charge in [0.05, 0.1) is 5.71 Å². The number of nitrogens with one attached hydrogen (secondary N) is 1. The van der Waals surface area contributed by atoms with E-state index in [4.69, 9.17) is 5.11 Å². The van der Waals surface area contributed by atoms with Crippen LogP contribution in [0.5, 0.6) is 0 Å². The molecule has 2 N–H and O–H groups in total. The maximum atomic E-state index is 11.8. The average molecular weight is 380 g/mol. The Labute approximate surface area is 164 Å². The van der Waals surface area contributed by atoms with Crippen LogP contribution in [0, 0.1) is 0 Å². The van der Waals surface area contributed by atoms with Gasteiger partial charge >= 0.3 is 5.97 Å². The number of carbonyl (C=O) groups is 2. The van der Waals surface area contributed by atoms with Gasteiger partial charge in [-0.15, -0.1) is 0 Å². The molecule has 0 radical (unpaired) electrons. The first kappa shape index (κ1) is 20.7. The maximum Gasteiger partial charge on any atom is 0.328 e. The maximum absolute atomic E-state index is 11.8. The lowest BCUT2D eigenvalue weighted by Gasteiger charge is -2.15. The molecule has 146 valence electrons. The lowest BCUT2D eigenvalue weighted by Crippen LogP contribution is -2.19. The Balaban J connectivity index is 2.38. The molecule has 0 aliphatic rings. The van der Waals surface area contributed by atoms with Crippen molar-refractivity contribution in [2.45, 2.75) is 0 Å². The van der Waals surface area contributed by atoms with Gasteiger partial charge in [-0.1, -0.05) is 24.3 Å². The van der Waals surface area contributed by atoms with Crippen molar-refractivity contribution in [1.29, 1.82) is 0 Å². The molecule has 0 bridgehead atoms. The summed E-state index contributed by atoms with van der Waals surface area (Å²) in [7, 11) is 7.83. The molecule has 7 nitrogen and oxygen atoms in total. The summed E-state index contributed by atoms with van der Waals surface area (Å²) in [4.78, 5) is 26.3. The topological polar surface area (TPSA) is 85.2 Å². The van der Waals surface area contributed by atoms with Crippen LogP contribution in [0.4, 0.5) is 11.4 Å². The number of anilines is 2. The largest absolute Gasteiger partial charge is 0.478 e. The summed E-state index contributed by atoms with van der Waals surface area (Å²) in [5.41, 5.74) is 6.70. The molecule has 2 aromatic carbocycles. The van der Waals surface area contributed by atoms with Crippen molar-refractivity contribution in [2.75, 3.05) is 38.0 Å². The molecule has 0 fully saturated rings. The van der Waals surface area contributed by atoms with Crippen LogP contribution in [0.1, 0.15) is 11.1 Å². The Bertz CT molecular complexity index is 829. The van der Waals surface area contributed by atoms with Crippen LogP contribution in [0.3, 0.4) is 0 Å². The Morgan fingerprint density at radius 3 is 1.61 bits per heavy atom. The molecule has 0 saturated heterocycles. The van der Waals surface area contributed by atoms with E-state index in [1.807, 2.05) is 86.5 Å². The van der Waals surface area contributed by atoms with E-state index in [2.05, 4.69) is 10.5 Å². The highest BCUT2D eigenvalue weighted by molar-refractivity contribution is 6.13. The Kier molecular flexibility index (Phi) is 6.92. The minimum atomic E-state index is -1.20. The SMILES string of the molecule is CN(C)c1ccc(C(=NNC(=O)/C=C\C(=O)O)c2ccc(N(C)C)cc2)cc1. The Morgan fingerprint density at radius 2 is 1.25 bits per heavy atom. The van der Waals surface area contributed by atoms with Crippen molar-refractivity contribution < 1.29 is 14.7 Å². The van der Waals surface area contributed by atoms with Crippen molar-refractivity contribution in [3.8, 4) is 0 Å². The van der Waals surface area contributed by atoms with E-state index in [0.717, 1.165) is 34.7 Å². The van der Waals surface area contributed by atoms with Crippen LogP contribution >= 0.6 is 0 Å².